The summed E-state index contributed by atoms with van der Waals surface area (Å²) in [4.78, 5) is 4.77. The van der Waals surface area contributed by atoms with Crippen molar-refractivity contribution in [2.75, 3.05) is 46.8 Å². The van der Waals surface area contributed by atoms with Crippen molar-refractivity contribution in [3.05, 3.63) is 0 Å². The summed E-state index contributed by atoms with van der Waals surface area (Å²) in [6.45, 7) is 14.7. The number of rotatable bonds is 8. The zero-order valence-electron chi connectivity index (χ0n) is 12.1. The van der Waals surface area contributed by atoms with Crippen LogP contribution in [-0.4, -0.2) is 62.2 Å². The van der Waals surface area contributed by atoms with Gasteiger partial charge in [-0.2, -0.15) is 0 Å². The fourth-order valence-electron chi connectivity index (χ4n) is 1.63. The first-order valence-electron chi connectivity index (χ1n) is 6.47. The van der Waals surface area contributed by atoms with Crippen LogP contribution in [0.2, 0.25) is 0 Å². The Labute approximate surface area is 102 Å². The summed E-state index contributed by atoms with van der Waals surface area (Å²) < 4.78 is 0. The molecule has 0 unspecified atom stereocenters. The highest BCUT2D eigenvalue weighted by molar-refractivity contribution is 4.71. The van der Waals surface area contributed by atoms with E-state index in [9.17, 15) is 0 Å². The summed E-state index contributed by atoms with van der Waals surface area (Å²) in [6.07, 6.45) is 1.26. The van der Waals surface area contributed by atoms with Crippen LogP contribution in [0.4, 0.5) is 0 Å². The zero-order chi connectivity index (χ0) is 12.6. The van der Waals surface area contributed by atoms with E-state index in [1.54, 1.807) is 0 Å². The van der Waals surface area contributed by atoms with E-state index in [1.165, 1.54) is 19.5 Å². The lowest BCUT2D eigenvalue weighted by Gasteiger charge is -2.25. The lowest BCUT2D eigenvalue weighted by Crippen LogP contribution is -2.41. The molecule has 3 nitrogen and oxygen atoms in total. The quantitative estimate of drug-likeness (QED) is 0.683. The van der Waals surface area contributed by atoms with Gasteiger partial charge >= 0.3 is 0 Å². The largest absolute Gasteiger partial charge is 0.311 e. The molecule has 0 atom stereocenters. The van der Waals surface area contributed by atoms with Gasteiger partial charge in [0.1, 0.15) is 0 Å². The van der Waals surface area contributed by atoms with E-state index < -0.39 is 0 Å². The predicted molar refractivity (Wildman–Crippen MR) is 73.0 cm³/mol. The summed E-state index contributed by atoms with van der Waals surface area (Å²) >= 11 is 0. The van der Waals surface area contributed by atoms with E-state index in [0.29, 0.717) is 0 Å². The van der Waals surface area contributed by atoms with Crippen LogP contribution in [-0.2, 0) is 0 Å². The maximum Gasteiger partial charge on any atom is 0.0107 e. The highest BCUT2D eigenvalue weighted by Crippen LogP contribution is 1.98. The van der Waals surface area contributed by atoms with Crippen molar-refractivity contribution in [2.24, 2.45) is 0 Å². The SMILES string of the molecule is CCN(CCCN(C)C)CCNC(C)(C)C. The molecule has 98 valence electrons. The first-order chi connectivity index (χ1) is 7.35. The molecule has 0 aromatic carbocycles. The second-order valence-electron chi connectivity index (χ2n) is 5.77. The molecule has 0 bridgehead atoms. The molecule has 0 saturated heterocycles. The van der Waals surface area contributed by atoms with Gasteiger partial charge in [0.2, 0.25) is 0 Å². The van der Waals surface area contributed by atoms with Gasteiger partial charge in [0.15, 0.2) is 0 Å². The zero-order valence-corrected chi connectivity index (χ0v) is 12.1. The maximum atomic E-state index is 3.53. The van der Waals surface area contributed by atoms with Gasteiger partial charge in [-0.15, -0.1) is 0 Å². The molecule has 0 aliphatic heterocycles. The molecular weight excluding hydrogens is 198 g/mol. The summed E-state index contributed by atoms with van der Waals surface area (Å²) in [6, 6.07) is 0. The molecule has 0 aromatic heterocycles. The molecule has 0 aromatic rings. The average Bonchev–Trinajstić information content (AvgIpc) is 2.13. The summed E-state index contributed by atoms with van der Waals surface area (Å²) in [7, 11) is 4.27. The minimum absolute atomic E-state index is 0.239. The van der Waals surface area contributed by atoms with Crippen molar-refractivity contribution in [2.45, 2.75) is 39.7 Å². The molecule has 16 heavy (non-hydrogen) atoms. The Bertz CT molecular complexity index is 161. The Hall–Kier alpha value is -0.120. The van der Waals surface area contributed by atoms with Crippen LogP contribution in [0.15, 0.2) is 0 Å². The fourth-order valence-corrected chi connectivity index (χ4v) is 1.63. The molecule has 0 saturated carbocycles. The van der Waals surface area contributed by atoms with E-state index in [0.717, 1.165) is 19.6 Å². The predicted octanol–water partition coefficient (Wildman–Crippen LogP) is 1.65. The number of likely N-dealkylation sites (N-methyl/N-ethyl adjacent to an activating group) is 1. The molecule has 0 aliphatic carbocycles. The van der Waals surface area contributed by atoms with Crippen molar-refractivity contribution in [3.63, 3.8) is 0 Å². The minimum Gasteiger partial charge on any atom is -0.311 e. The van der Waals surface area contributed by atoms with Gasteiger partial charge in [-0.3, -0.25) is 0 Å². The van der Waals surface area contributed by atoms with Gasteiger partial charge in [0.05, 0.1) is 0 Å². The molecule has 0 heterocycles. The van der Waals surface area contributed by atoms with E-state index in [4.69, 9.17) is 0 Å². The van der Waals surface area contributed by atoms with Crippen LogP contribution in [0.1, 0.15) is 34.1 Å². The molecular formula is C13H31N3. The maximum absolute atomic E-state index is 3.53. The lowest BCUT2D eigenvalue weighted by molar-refractivity contribution is 0.256. The summed E-state index contributed by atoms with van der Waals surface area (Å²) in [5, 5.41) is 3.53. The number of hydrogen-bond acceptors (Lipinski definition) is 3. The van der Waals surface area contributed by atoms with Crippen LogP contribution in [0.3, 0.4) is 0 Å². The van der Waals surface area contributed by atoms with Gasteiger partial charge < -0.3 is 15.1 Å². The summed E-state index contributed by atoms with van der Waals surface area (Å²) in [5.41, 5.74) is 0.239. The highest BCUT2D eigenvalue weighted by atomic mass is 15.1. The van der Waals surface area contributed by atoms with Crippen molar-refractivity contribution in [3.8, 4) is 0 Å². The lowest BCUT2D eigenvalue weighted by atomic mass is 10.1. The van der Waals surface area contributed by atoms with Crippen molar-refractivity contribution >= 4 is 0 Å². The van der Waals surface area contributed by atoms with Crippen LogP contribution in [0, 0.1) is 0 Å². The van der Waals surface area contributed by atoms with Gasteiger partial charge in [0, 0.05) is 18.6 Å². The van der Waals surface area contributed by atoms with Crippen LogP contribution in [0.5, 0.6) is 0 Å². The molecule has 1 N–H and O–H groups in total. The Morgan fingerprint density at radius 2 is 1.62 bits per heavy atom. The van der Waals surface area contributed by atoms with Crippen molar-refractivity contribution in [1.82, 2.24) is 15.1 Å². The Morgan fingerprint density at radius 1 is 1.00 bits per heavy atom. The Kier molecular flexibility index (Phi) is 7.98. The normalized spacial score (nSPS) is 12.8. The molecule has 0 aliphatic rings. The molecule has 0 fully saturated rings. The Balaban J connectivity index is 3.59. The van der Waals surface area contributed by atoms with Crippen LogP contribution < -0.4 is 5.32 Å². The van der Waals surface area contributed by atoms with E-state index in [-0.39, 0.29) is 5.54 Å². The molecule has 0 spiro atoms. The number of hydrogen-bond donors (Lipinski definition) is 1. The smallest absolute Gasteiger partial charge is 0.0107 e. The molecule has 0 radical (unpaired) electrons. The van der Waals surface area contributed by atoms with Gasteiger partial charge in [-0.05, 0) is 60.9 Å². The Morgan fingerprint density at radius 3 is 2.06 bits per heavy atom. The monoisotopic (exact) mass is 229 g/mol. The number of nitrogens with zero attached hydrogens (tertiary/aromatic N) is 2. The van der Waals surface area contributed by atoms with Gasteiger partial charge in [-0.25, -0.2) is 0 Å². The average molecular weight is 229 g/mol. The first kappa shape index (κ1) is 15.9. The van der Waals surface area contributed by atoms with Crippen LogP contribution >= 0.6 is 0 Å². The second kappa shape index (κ2) is 8.04. The van der Waals surface area contributed by atoms with E-state index in [2.05, 4.69) is 56.9 Å². The molecule has 0 amide bonds. The third-order valence-corrected chi connectivity index (χ3v) is 2.61. The third-order valence-electron chi connectivity index (χ3n) is 2.61. The van der Waals surface area contributed by atoms with E-state index in [1.807, 2.05) is 0 Å². The van der Waals surface area contributed by atoms with Gasteiger partial charge in [0.25, 0.3) is 0 Å². The molecule has 0 rings (SSSR count). The fraction of sp³-hybridized carbons (Fsp3) is 1.00. The molecule has 3 heteroatoms. The summed E-state index contributed by atoms with van der Waals surface area (Å²) in [5.74, 6) is 0. The van der Waals surface area contributed by atoms with E-state index >= 15 is 0 Å². The highest BCUT2D eigenvalue weighted by Gasteiger charge is 2.09. The minimum atomic E-state index is 0.239. The second-order valence-corrected chi connectivity index (χ2v) is 5.77. The van der Waals surface area contributed by atoms with Crippen molar-refractivity contribution in [1.29, 1.82) is 0 Å². The standard InChI is InChI=1S/C13H31N3/c1-7-16(11-8-10-15(5)6)12-9-14-13(2,3)4/h14H,7-12H2,1-6H3. The van der Waals surface area contributed by atoms with Crippen LogP contribution in [0.25, 0.3) is 0 Å². The van der Waals surface area contributed by atoms with Crippen molar-refractivity contribution < 1.29 is 0 Å². The topological polar surface area (TPSA) is 18.5 Å². The van der Waals surface area contributed by atoms with Gasteiger partial charge in [-0.1, -0.05) is 6.92 Å². The number of nitrogens with one attached hydrogen (secondary N) is 1. The first-order valence-corrected chi connectivity index (χ1v) is 6.47. The third kappa shape index (κ3) is 10.4.